The van der Waals surface area contributed by atoms with Crippen LogP contribution in [0.5, 0.6) is 0 Å². The van der Waals surface area contributed by atoms with E-state index in [4.69, 9.17) is 0 Å². The Morgan fingerprint density at radius 2 is 1.56 bits per heavy atom. The Labute approximate surface area is 59.7 Å². The van der Waals surface area contributed by atoms with Crippen LogP contribution in [0, 0.1) is 11.6 Å². The van der Waals surface area contributed by atoms with E-state index < -0.39 is 11.6 Å². The molecule has 0 saturated heterocycles. The monoisotopic (exact) mass is 193 g/mol. The number of rotatable bonds is 0. The summed E-state index contributed by atoms with van der Waals surface area (Å²) in [7, 11) is 0. The molecule has 0 unspecified atom stereocenters. The fourth-order valence-corrected chi connectivity index (χ4v) is 0.768. The average Bonchev–Trinajstić information content (AvgIpc) is 1.83. The normalized spacial score (nSPS) is 9.56. The predicted octanol–water partition coefficient (Wildman–Crippen LogP) is 0.759. The van der Waals surface area contributed by atoms with Crippen molar-refractivity contribution in [2.24, 2.45) is 0 Å². The van der Waals surface area contributed by atoms with Crippen molar-refractivity contribution in [2.75, 3.05) is 0 Å². The molecule has 9 heavy (non-hydrogen) atoms. The van der Waals surface area contributed by atoms with Crippen molar-refractivity contribution in [1.82, 2.24) is 0 Å². The van der Waals surface area contributed by atoms with Gasteiger partial charge in [0.1, 0.15) is 0 Å². The van der Waals surface area contributed by atoms with Gasteiger partial charge in [-0.3, -0.25) is 0 Å². The molecule has 1 aromatic rings. The van der Waals surface area contributed by atoms with Crippen LogP contribution in [-0.4, -0.2) is 16.0 Å². The molecular weight excluding hydrogens is 189 g/mol. The molecular formula is C6H3F2Se. The Bertz CT molecular complexity index is 202. The molecule has 0 bridgehead atoms. The van der Waals surface area contributed by atoms with Crippen molar-refractivity contribution >= 4 is 20.5 Å². The van der Waals surface area contributed by atoms with Gasteiger partial charge >= 0.3 is 59.1 Å². The fraction of sp³-hybridized carbons (Fsp3) is 0. The van der Waals surface area contributed by atoms with Crippen LogP contribution >= 0.6 is 0 Å². The van der Waals surface area contributed by atoms with Crippen LogP contribution in [0.15, 0.2) is 18.2 Å². The second-order valence-corrected chi connectivity index (χ2v) is 2.41. The zero-order valence-electron chi connectivity index (χ0n) is 4.40. The van der Waals surface area contributed by atoms with E-state index >= 15 is 0 Å². The van der Waals surface area contributed by atoms with Gasteiger partial charge in [0.05, 0.1) is 0 Å². The van der Waals surface area contributed by atoms with Gasteiger partial charge in [-0.05, 0) is 0 Å². The number of hydrogen-bond acceptors (Lipinski definition) is 0. The second-order valence-electron chi connectivity index (χ2n) is 1.55. The van der Waals surface area contributed by atoms with Crippen molar-refractivity contribution in [3.8, 4) is 0 Å². The fourth-order valence-electron chi connectivity index (χ4n) is 0.483. The van der Waals surface area contributed by atoms with E-state index in [9.17, 15) is 8.78 Å². The molecule has 1 rings (SSSR count). The zero-order valence-corrected chi connectivity index (χ0v) is 6.11. The minimum absolute atomic E-state index is 0.0440. The van der Waals surface area contributed by atoms with Gasteiger partial charge in [-0.25, -0.2) is 0 Å². The Morgan fingerprint density at radius 1 is 1.11 bits per heavy atom. The summed E-state index contributed by atoms with van der Waals surface area (Å²) >= 11 is 2.29. The molecule has 47 valence electrons. The maximum absolute atomic E-state index is 12.3. The van der Waals surface area contributed by atoms with Crippen LogP contribution < -0.4 is 4.46 Å². The molecule has 0 aliphatic rings. The van der Waals surface area contributed by atoms with Crippen LogP contribution in [0.4, 0.5) is 8.78 Å². The first kappa shape index (κ1) is 6.72. The van der Waals surface area contributed by atoms with Crippen LogP contribution in [-0.2, 0) is 0 Å². The van der Waals surface area contributed by atoms with Gasteiger partial charge in [-0.1, -0.05) is 0 Å². The Kier molecular flexibility index (Phi) is 1.84. The van der Waals surface area contributed by atoms with Gasteiger partial charge < -0.3 is 0 Å². The van der Waals surface area contributed by atoms with E-state index in [0.29, 0.717) is 0 Å². The third kappa shape index (κ3) is 1.29. The van der Waals surface area contributed by atoms with E-state index in [0.717, 1.165) is 0 Å². The van der Waals surface area contributed by atoms with Gasteiger partial charge in [-0.15, -0.1) is 0 Å². The van der Waals surface area contributed by atoms with E-state index in [2.05, 4.69) is 16.0 Å². The molecule has 1 aromatic carbocycles. The van der Waals surface area contributed by atoms with Gasteiger partial charge in [0, 0.05) is 0 Å². The number of hydrogen-bond donors (Lipinski definition) is 0. The molecule has 1 radical (unpaired) electrons. The first-order valence-corrected chi connectivity index (χ1v) is 3.18. The van der Waals surface area contributed by atoms with Gasteiger partial charge in [-0.2, -0.15) is 0 Å². The molecule has 0 aliphatic carbocycles. The second kappa shape index (κ2) is 2.46. The molecule has 0 amide bonds. The van der Waals surface area contributed by atoms with Crippen molar-refractivity contribution in [1.29, 1.82) is 0 Å². The Morgan fingerprint density at radius 3 is 1.89 bits per heavy atom. The molecule has 0 spiro atoms. The van der Waals surface area contributed by atoms with Crippen LogP contribution in [0.2, 0.25) is 0 Å². The summed E-state index contributed by atoms with van der Waals surface area (Å²) < 4.78 is 24.6. The van der Waals surface area contributed by atoms with Crippen LogP contribution in [0.25, 0.3) is 0 Å². The summed E-state index contributed by atoms with van der Waals surface area (Å²) in [5.74, 6) is -1.09. The molecule has 3 heteroatoms. The summed E-state index contributed by atoms with van der Waals surface area (Å²) in [4.78, 5) is 0. The number of halogens is 2. The topological polar surface area (TPSA) is 0 Å². The Hall–Kier alpha value is -0.401. The Balaban J connectivity index is 3.25. The molecule has 0 saturated carbocycles. The van der Waals surface area contributed by atoms with Crippen molar-refractivity contribution in [2.45, 2.75) is 0 Å². The molecule has 0 atom stereocenters. The summed E-state index contributed by atoms with van der Waals surface area (Å²) in [5.41, 5.74) is 0. The minimum atomic E-state index is -0.546. The zero-order chi connectivity index (χ0) is 6.85. The first-order chi connectivity index (χ1) is 4.22. The standard InChI is InChI=1S/C6H3F2Se/c7-4-2-1-3-5(8)6(4)9/h1-3H. The summed E-state index contributed by atoms with van der Waals surface area (Å²) in [6.45, 7) is 0. The predicted molar refractivity (Wildman–Crippen MR) is 31.7 cm³/mol. The molecule has 0 aliphatic heterocycles. The first-order valence-electron chi connectivity index (χ1n) is 2.33. The SMILES string of the molecule is Fc1cccc(F)c1[Se]. The molecule has 0 aromatic heterocycles. The van der Waals surface area contributed by atoms with Crippen LogP contribution in [0.1, 0.15) is 0 Å². The van der Waals surface area contributed by atoms with Crippen molar-refractivity contribution in [3.05, 3.63) is 29.8 Å². The van der Waals surface area contributed by atoms with Crippen molar-refractivity contribution in [3.63, 3.8) is 0 Å². The molecule has 0 heterocycles. The van der Waals surface area contributed by atoms with Gasteiger partial charge in [0.15, 0.2) is 0 Å². The summed E-state index contributed by atoms with van der Waals surface area (Å²) in [6.07, 6.45) is 0. The van der Waals surface area contributed by atoms with E-state index in [-0.39, 0.29) is 4.46 Å². The summed E-state index contributed by atoms with van der Waals surface area (Å²) in [5, 5.41) is 0. The van der Waals surface area contributed by atoms with E-state index in [1.54, 1.807) is 0 Å². The number of benzene rings is 1. The summed E-state index contributed by atoms with van der Waals surface area (Å²) in [6, 6.07) is 3.73. The van der Waals surface area contributed by atoms with Gasteiger partial charge in [0.25, 0.3) is 0 Å². The molecule has 0 nitrogen and oxygen atoms in total. The molecule has 0 N–H and O–H groups in total. The third-order valence-corrected chi connectivity index (χ3v) is 1.74. The molecule has 0 fully saturated rings. The maximum atomic E-state index is 12.3. The van der Waals surface area contributed by atoms with Crippen LogP contribution in [0.3, 0.4) is 0 Å². The third-order valence-electron chi connectivity index (χ3n) is 0.919. The average molecular weight is 192 g/mol. The quantitative estimate of drug-likeness (QED) is 0.532. The van der Waals surface area contributed by atoms with E-state index in [1.807, 2.05) is 0 Å². The van der Waals surface area contributed by atoms with Gasteiger partial charge in [0.2, 0.25) is 0 Å². The van der Waals surface area contributed by atoms with Crippen molar-refractivity contribution < 1.29 is 8.78 Å². The van der Waals surface area contributed by atoms with E-state index in [1.165, 1.54) is 18.2 Å².